The largest absolute Gasteiger partial charge is 0.484 e. The van der Waals surface area contributed by atoms with Crippen LogP contribution in [-0.2, 0) is 4.79 Å². The van der Waals surface area contributed by atoms with Gasteiger partial charge in [0.15, 0.2) is 6.61 Å². The van der Waals surface area contributed by atoms with E-state index in [9.17, 15) is 4.79 Å². The quantitative estimate of drug-likeness (QED) is 0.320. The Morgan fingerprint density at radius 1 is 1.12 bits per heavy atom. The molecular weight excluding hydrogens is 450 g/mol. The Morgan fingerprint density at radius 2 is 1.97 bits per heavy atom. The molecule has 0 radical (unpaired) electrons. The van der Waals surface area contributed by atoms with E-state index in [4.69, 9.17) is 16.3 Å². The fraction of sp³-hybridized carbons (Fsp3) is 0.269. The molecule has 5 rings (SSSR count). The molecule has 2 unspecified atom stereocenters. The number of aromatic nitrogens is 3. The van der Waals surface area contributed by atoms with Gasteiger partial charge in [0.05, 0.1) is 0 Å². The first kappa shape index (κ1) is 22.2. The Morgan fingerprint density at radius 3 is 2.85 bits per heavy atom. The standard InChI is InChI=1S/C26H26ClN5O2/c27-23-12-17(22-15-29-26-21(22)10-5-11-28-26)13-24(32-23)30-18-6-4-7-19(14-18)31-25(33)16-34-20-8-2-1-3-9-20/h1-3,5,8-13,15,18-19H,4,6-7,14,16H2,(H,28,29)(H,30,32)(H,31,33). The lowest BCUT2D eigenvalue weighted by Crippen LogP contribution is -2.43. The summed E-state index contributed by atoms with van der Waals surface area (Å²) >= 11 is 6.37. The van der Waals surface area contributed by atoms with Crippen molar-refractivity contribution < 1.29 is 9.53 Å². The highest BCUT2D eigenvalue weighted by atomic mass is 35.5. The Bertz CT molecular complexity index is 1280. The third-order valence-electron chi connectivity index (χ3n) is 6.06. The molecule has 0 aliphatic heterocycles. The summed E-state index contributed by atoms with van der Waals surface area (Å²) in [4.78, 5) is 24.4. The Hall–Kier alpha value is -3.58. The second-order valence-electron chi connectivity index (χ2n) is 8.54. The Labute approximate surface area is 202 Å². The number of amides is 1. The lowest BCUT2D eigenvalue weighted by molar-refractivity contribution is -0.124. The molecule has 1 saturated carbocycles. The zero-order valence-corrected chi connectivity index (χ0v) is 19.4. The zero-order chi connectivity index (χ0) is 23.3. The van der Waals surface area contributed by atoms with Gasteiger partial charge in [0, 0.05) is 35.4 Å². The number of hydrogen-bond acceptors (Lipinski definition) is 5. The molecule has 34 heavy (non-hydrogen) atoms. The topological polar surface area (TPSA) is 91.9 Å². The van der Waals surface area contributed by atoms with Crippen molar-refractivity contribution in [3.8, 4) is 16.9 Å². The SMILES string of the molecule is O=C(COc1ccccc1)NC1CCCC(Nc2cc(-c3c[nH]c4ncccc34)cc(Cl)n2)C1. The summed E-state index contributed by atoms with van der Waals surface area (Å²) in [6, 6.07) is 17.5. The van der Waals surface area contributed by atoms with Gasteiger partial charge in [-0.3, -0.25) is 4.79 Å². The minimum Gasteiger partial charge on any atom is -0.484 e. The van der Waals surface area contributed by atoms with Crippen LogP contribution in [0.2, 0.25) is 5.15 Å². The van der Waals surface area contributed by atoms with Gasteiger partial charge >= 0.3 is 0 Å². The van der Waals surface area contributed by atoms with Crippen LogP contribution in [-0.4, -0.2) is 39.5 Å². The molecule has 2 atom stereocenters. The van der Waals surface area contributed by atoms with Crippen LogP contribution >= 0.6 is 11.6 Å². The number of hydrogen-bond donors (Lipinski definition) is 3. The summed E-state index contributed by atoms with van der Waals surface area (Å²) in [6.07, 6.45) is 7.50. The number of H-pyrrole nitrogens is 1. The molecule has 0 saturated heterocycles. The van der Waals surface area contributed by atoms with Crippen LogP contribution in [0.3, 0.4) is 0 Å². The van der Waals surface area contributed by atoms with Crippen LogP contribution in [0.5, 0.6) is 5.75 Å². The van der Waals surface area contributed by atoms with Gasteiger partial charge in [-0.25, -0.2) is 9.97 Å². The van der Waals surface area contributed by atoms with Gasteiger partial charge in [0.2, 0.25) is 0 Å². The number of aromatic amines is 1. The number of benzene rings is 1. The van der Waals surface area contributed by atoms with E-state index in [0.717, 1.165) is 53.7 Å². The van der Waals surface area contributed by atoms with Crippen molar-refractivity contribution in [3.05, 3.63) is 72.1 Å². The molecule has 8 heteroatoms. The molecule has 0 bridgehead atoms. The third-order valence-corrected chi connectivity index (χ3v) is 6.25. The van der Waals surface area contributed by atoms with Crippen LogP contribution in [0.4, 0.5) is 5.82 Å². The number of para-hydroxylation sites is 1. The van der Waals surface area contributed by atoms with E-state index < -0.39 is 0 Å². The first-order valence-electron chi connectivity index (χ1n) is 11.5. The number of pyridine rings is 2. The predicted molar refractivity (Wildman–Crippen MR) is 134 cm³/mol. The monoisotopic (exact) mass is 475 g/mol. The van der Waals surface area contributed by atoms with E-state index in [1.807, 2.05) is 60.8 Å². The van der Waals surface area contributed by atoms with Gasteiger partial charge in [-0.05, 0) is 67.6 Å². The molecule has 1 amide bonds. The van der Waals surface area contributed by atoms with Gasteiger partial charge in [-0.15, -0.1) is 0 Å². The van der Waals surface area contributed by atoms with Gasteiger partial charge in [-0.1, -0.05) is 29.8 Å². The Balaban J connectivity index is 1.22. The van der Waals surface area contributed by atoms with Crippen LogP contribution in [0.15, 0.2) is 67.0 Å². The highest BCUT2D eigenvalue weighted by Crippen LogP contribution is 2.31. The lowest BCUT2D eigenvalue weighted by atomic mass is 9.91. The smallest absolute Gasteiger partial charge is 0.258 e. The number of carbonyl (C=O) groups excluding carboxylic acids is 1. The van der Waals surface area contributed by atoms with Crippen molar-refractivity contribution in [1.29, 1.82) is 0 Å². The van der Waals surface area contributed by atoms with Crippen molar-refractivity contribution in [3.63, 3.8) is 0 Å². The molecular formula is C26H26ClN5O2. The molecule has 1 aromatic carbocycles. The summed E-state index contributed by atoms with van der Waals surface area (Å²) in [5.74, 6) is 1.31. The van der Waals surface area contributed by atoms with Crippen LogP contribution in [0.1, 0.15) is 25.7 Å². The minimum atomic E-state index is -0.106. The normalized spacial score (nSPS) is 17.9. The first-order valence-corrected chi connectivity index (χ1v) is 11.9. The van der Waals surface area contributed by atoms with Gasteiger partial charge in [0.1, 0.15) is 22.4 Å². The summed E-state index contributed by atoms with van der Waals surface area (Å²) in [6.45, 7) is 0.0112. The minimum absolute atomic E-state index is 0.0112. The van der Waals surface area contributed by atoms with Crippen molar-refractivity contribution in [2.75, 3.05) is 11.9 Å². The molecule has 3 N–H and O–H groups in total. The molecule has 3 heterocycles. The molecule has 1 aliphatic rings. The molecule has 1 fully saturated rings. The molecule has 1 aliphatic carbocycles. The first-order chi connectivity index (χ1) is 16.6. The zero-order valence-electron chi connectivity index (χ0n) is 18.6. The summed E-state index contributed by atoms with van der Waals surface area (Å²) in [5, 5.41) is 8.10. The number of anilines is 1. The number of nitrogens with zero attached hydrogens (tertiary/aromatic N) is 2. The number of halogens is 1. The number of carbonyl (C=O) groups is 1. The molecule has 4 aromatic rings. The second kappa shape index (κ2) is 10.1. The highest BCUT2D eigenvalue weighted by Gasteiger charge is 2.24. The fourth-order valence-electron chi connectivity index (χ4n) is 4.52. The van der Waals surface area contributed by atoms with E-state index >= 15 is 0 Å². The number of rotatable bonds is 7. The van der Waals surface area contributed by atoms with E-state index in [1.54, 1.807) is 6.20 Å². The summed E-state index contributed by atoms with van der Waals surface area (Å²) in [7, 11) is 0. The average molecular weight is 476 g/mol. The third kappa shape index (κ3) is 5.31. The number of ether oxygens (including phenoxy) is 1. The van der Waals surface area contributed by atoms with E-state index in [-0.39, 0.29) is 24.6 Å². The molecule has 3 aromatic heterocycles. The number of fused-ring (bicyclic) bond motifs is 1. The van der Waals surface area contributed by atoms with E-state index in [1.165, 1.54) is 0 Å². The van der Waals surface area contributed by atoms with Crippen molar-refractivity contribution in [2.45, 2.75) is 37.8 Å². The maximum atomic E-state index is 12.4. The van der Waals surface area contributed by atoms with Gasteiger partial charge in [-0.2, -0.15) is 0 Å². The van der Waals surface area contributed by atoms with Crippen LogP contribution in [0, 0.1) is 0 Å². The van der Waals surface area contributed by atoms with Crippen molar-refractivity contribution in [2.24, 2.45) is 0 Å². The molecule has 7 nitrogen and oxygen atoms in total. The maximum absolute atomic E-state index is 12.4. The van der Waals surface area contributed by atoms with E-state index in [2.05, 4.69) is 25.6 Å². The van der Waals surface area contributed by atoms with Crippen molar-refractivity contribution >= 4 is 34.4 Å². The fourth-order valence-corrected chi connectivity index (χ4v) is 4.73. The molecule has 174 valence electrons. The summed E-state index contributed by atoms with van der Waals surface area (Å²) < 4.78 is 5.56. The second-order valence-corrected chi connectivity index (χ2v) is 8.93. The van der Waals surface area contributed by atoms with Gasteiger partial charge < -0.3 is 20.4 Å². The average Bonchev–Trinajstić information content (AvgIpc) is 3.28. The Kier molecular flexibility index (Phi) is 6.62. The highest BCUT2D eigenvalue weighted by molar-refractivity contribution is 6.29. The molecule has 0 spiro atoms. The summed E-state index contributed by atoms with van der Waals surface area (Å²) in [5.41, 5.74) is 2.84. The van der Waals surface area contributed by atoms with Crippen LogP contribution in [0.25, 0.3) is 22.2 Å². The predicted octanol–water partition coefficient (Wildman–Crippen LogP) is 5.20. The van der Waals surface area contributed by atoms with Crippen molar-refractivity contribution in [1.82, 2.24) is 20.3 Å². The number of nitrogens with one attached hydrogen (secondary N) is 3. The van der Waals surface area contributed by atoms with Crippen LogP contribution < -0.4 is 15.4 Å². The maximum Gasteiger partial charge on any atom is 0.258 e. The lowest BCUT2D eigenvalue weighted by Gasteiger charge is -2.30. The van der Waals surface area contributed by atoms with E-state index in [0.29, 0.717) is 10.9 Å². The van der Waals surface area contributed by atoms with Gasteiger partial charge in [0.25, 0.3) is 5.91 Å².